The van der Waals surface area contributed by atoms with E-state index in [-0.39, 0.29) is 5.78 Å². The molecule has 76 valence electrons. The number of nitrogens with zero attached hydrogens (tertiary/aromatic N) is 1. The van der Waals surface area contributed by atoms with E-state index in [9.17, 15) is 4.79 Å². The Morgan fingerprint density at radius 2 is 2.00 bits per heavy atom. The average Bonchev–Trinajstić information content (AvgIpc) is 2.65. The van der Waals surface area contributed by atoms with Crippen molar-refractivity contribution in [1.82, 2.24) is 4.98 Å². The van der Waals surface area contributed by atoms with Crippen LogP contribution in [-0.2, 0) is 0 Å². The second-order valence-electron chi connectivity index (χ2n) is 3.11. The van der Waals surface area contributed by atoms with Gasteiger partial charge in [-0.15, -0.1) is 11.3 Å². The van der Waals surface area contributed by atoms with Crippen LogP contribution in [0.1, 0.15) is 20.2 Å². The summed E-state index contributed by atoms with van der Waals surface area (Å²) in [6.45, 7) is 1.93. The summed E-state index contributed by atoms with van der Waals surface area (Å²) in [7, 11) is 0. The van der Waals surface area contributed by atoms with Crippen LogP contribution < -0.4 is 0 Å². The summed E-state index contributed by atoms with van der Waals surface area (Å²) in [5.41, 5.74) is 0.619. The number of aryl methyl sites for hydroxylation is 1. The Morgan fingerprint density at radius 3 is 2.53 bits per heavy atom. The number of ketones is 1. The lowest BCUT2D eigenvalue weighted by atomic mass is 10.1. The molecule has 2 nitrogen and oxygen atoms in total. The van der Waals surface area contributed by atoms with Crippen LogP contribution in [-0.4, -0.2) is 10.8 Å². The monoisotopic (exact) mass is 237 g/mol. The number of halogens is 1. The molecular formula is C11H8ClNOS. The van der Waals surface area contributed by atoms with Crippen LogP contribution in [0.2, 0.25) is 5.02 Å². The lowest BCUT2D eigenvalue weighted by Crippen LogP contribution is -1.99. The molecule has 0 bridgehead atoms. The van der Waals surface area contributed by atoms with E-state index in [2.05, 4.69) is 4.98 Å². The molecule has 0 aliphatic heterocycles. The number of hydrogen-bond donors (Lipinski definition) is 0. The summed E-state index contributed by atoms with van der Waals surface area (Å²) in [6, 6.07) is 6.83. The van der Waals surface area contributed by atoms with Gasteiger partial charge in [0.2, 0.25) is 5.78 Å². The molecule has 4 heteroatoms. The van der Waals surface area contributed by atoms with Gasteiger partial charge in [-0.25, -0.2) is 4.98 Å². The standard InChI is InChI=1S/C11H8ClNOS/c1-7-6-13-11(15-7)10(14)8-2-4-9(12)5-3-8/h2-6H,1H3. The Balaban J connectivity index is 2.32. The molecular weight excluding hydrogens is 230 g/mol. The third-order valence-corrected chi connectivity index (χ3v) is 3.09. The van der Waals surface area contributed by atoms with Gasteiger partial charge in [0.05, 0.1) is 0 Å². The molecule has 0 amide bonds. The van der Waals surface area contributed by atoms with Crippen molar-refractivity contribution in [3.05, 3.63) is 50.9 Å². The molecule has 2 aromatic rings. The normalized spacial score (nSPS) is 10.3. The van der Waals surface area contributed by atoms with Crippen molar-refractivity contribution < 1.29 is 4.79 Å². The summed E-state index contributed by atoms with van der Waals surface area (Å²) < 4.78 is 0. The highest BCUT2D eigenvalue weighted by atomic mass is 35.5. The largest absolute Gasteiger partial charge is 0.286 e. The fourth-order valence-electron chi connectivity index (χ4n) is 1.18. The second-order valence-corrected chi connectivity index (χ2v) is 4.78. The zero-order valence-corrected chi connectivity index (χ0v) is 9.60. The first kappa shape index (κ1) is 10.3. The predicted octanol–water partition coefficient (Wildman–Crippen LogP) is 3.34. The molecule has 1 heterocycles. The maximum Gasteiger partial charge on any atom is 0.221 e. The van der Waals surface area contributed by atoms with Crippen molar-refractivity contribution in [3.63, 3.8) is 0 Å². The van der Waals surface area contributed by atoms with Gasteiger partial charge in [0.1, 0.15) is 0 Å². The van der Waals surface area contributed by atoms with Gasteiger partial charge in [0.15, 0.2) is 5.01 Å². The van der Waals surface area contributed by atoms with Gasteiger partial charge in [-0.2, -0.15) is 0 Å². The van der Waals surface area contributed by atoms with Gasteiger partial charge in [-0.1, -0.05) is 11.6 Å². The molecule has 0 atom stereocenters. The molecule has 0 saturated carbocycles. The van der Waals surface area contributed by atoms with Gasteiger partial charge in [0, 0.05) is 21.7 Å². The van der Waals surface area contributed by atoms with Crippen molar-refractivity contribution in [3.8, 4) is 0 Å². The van der Waals surface area contributed by atoms with Crippen LogP contribution in [0.3, 0.4) is 0 Å². The van der Waals surface area contributed by atoms with Gasteiger partial charge in [0.25, 0.3) is 0 Å². The lowest BCUT2D eigenvalue weighted by molar-refractivity contribution is 0.103. The zero-order valence-electron chi connectivity index (χ0n) is 8.03. The summed E-state index contributed by atoms with van der Waals surface area (Å²) in [5, 5.41) is 1.15. The first-order valence-electron chi connectivity index (χ1n) is 4.39. The van der Waals surface area contributed by atoms with E-state index in [4.69, 9.17) is 11.6 Å². The molecule has 0 saturated heterocycles. The zero-order chi connectivity index (χ0) is 10.8. The van der Waals surface area contributed by atoms with Crippen LogP contribution in [0.5, 0.6) is 0 Å². The lowest BCUT2D eigenvalue weighted by Gasteiger charge is -1.96. The molecule has 0 unspecified atom stereocenters. The van der Waals surface area contributed by atoms with Crippen molar-refractivity contribution in [2.45, 2.75) is 6.92 Å². The van der Waals surface area contributed by atoms with Crippen molar-refractivity contribution in [2.75, 3.05) is 0 Å². The van der Waals surface area contributed by atoms with Gasteiger partial charge in [-0.05, 0) is 31.2 Å². The Hall–Kier alpha value is -1.19. The number of rotatable bonds is 2. The third-order valence-electron chi connectivity index (χ3n) is 1.92. The fraction of sp³-hybridized carbons (Fsp3) is 0.0909. The van der Waals surface area contributed by atoms with Crippen LogP contribution >= 0.6 is 22.9 Å². The van der Waals surface area contributed by atoms with Crippen molar-refractivity contribution in [1.29, 1.82) is 0 Å². The number of thiazole rings is 1. The smallest absolute Gasteiger partial charge is 0.221 e. The van der Waals surface area contributed by atoms with E-state index in [1.54, 1.807) is 30.5 Å². The van der Waals surface area contributed by atoms with Crippen molar-refractivity contribution >= 4 is 28.7 Å². The van der Waals surface area contributed by atoms with Gasteiger partial charge < -0.3 is 0 Å². The molecule has 1 aromatic heterocycles. The highest BCUT2D eigenvalue weighted by Crippen LogP contribution is 2.17. The van der Waals surface area contributed by atoms with Gasteiger partial charge in [-0.3, -0.25) is 4.79 Å². The van der Waals surface area contributed by atoms with Crippen LogP contribution in [0.25, 0.3) is 0 Å². The molecule has 0 aliphatic carbocycles. The van der Waals surface area contributed by atoms with Gasteiger partial charge >= 0.3 is 0 Å². The molecule has 0 fully saturated rings. The Kier molecular flexibility index (Phi) is 2.84. The van der Waals surface area contributed by atoms with Crippen LogP contribution in [0, 0.1) is 6.92 Å². The van der Waals surface area contributed by atoms with E-state index in [1.165, 1.54) is 11.3 Å². The van der Waals surface area contributed by atoms with Crippen LogP contribution in [0.4, 0.5) is 0 Å². The second kappa shape index (κ2) is 4.13. The first-order chi connectivity index (χ1) is 7.16. The summed E-state index contributed by atoms with van der Waals surface area (Å²) in [6.07, 6.45) is 1.70. The van der Waals surface area contributed by atoms with E-state index < -0.39 is 0 Å². The Bertz CT molecular complexity index is 490. The first-order valence-corrected chi connectivity index (χ1v) is 5.59. The maximum absolute atomic E-state index is 11.9. The minimum atomic E-state index is -0.0511. The van der Waals surface area contributed by atoms with E-state index in [0.717, 1.165) is 4.88 Å². The average molecular weight is 238 g/mol. The highest BCUT2D eigenvalue weighted by molar-refractivity contribution is 7.13. The molecule has 0 radical (unpaired) electrons. The van der Waals surface area contributed by atoms with E-state index in [0.29, 0.717) is 15.6 Å². The Labute approximate surface area is 96.5 Å². The summed E-state index contributed by atoms with van der Waals surface area (Å²) in [4.78, 5) is 17.0. The molecule has 2 rings (SSSR count). The summed E-state index contributed by atoms with van der Waals surface area (Å²) in [5.74, 6) is -0.0511. The topological polar surface area (TPSA) is 30.0 Å². The quantitative estimate of drug-likeness (QED) is 0.750. The maximum atomic E-state index is 11.9. The number of carbonyl (C=O) groups is 1. The number of aromatic nitrogens is 1. The minimum absolute atomic E-state index is 0.0511. The molecule has 0 N–H and O–H groups in total. The summed E-state index contributed by atoms with van der Waals surface area (Å²) >= 11 is 7.14. The van der Waals surface area contributed by atoms with Crippen molar-refractivity contribution in [2.24, 2.45) is 0 Å². The highest BCUT2D eigenvalue weighted by Gasteiger charge is 2.12. The fourth-order valence-corrected chi connectivity index (χ4v) is 2.04. The number of hydrogen-bond acceptors (Lipinski definition) is 3. The third kappa shape index (κ3) is 2.25. The molecule has 0 spiro atoms. The molecule has 15 heavy (non-hydrogen) atoms. The number of benzene rings is 1. The predicted molar refractivity (Wildman–Crippen MR) is 61.7 cm³/mol. The molecule has 1 aromatic carbocycles. The SMILES string of the molecule is Cc1cnc(C(=O)c2ccc(Cl)cc2)s1. The Morgan fingerprint density at radius 1 is 1.33 bits per heavy atom. The molecule has 0 aliphatic rings. The minimum Gasteiger partial charge on any atom is -0.286 e. The van der Waals surface area contributed by atoms with E-state index in [1.807, 2.05) is 6.92 Å². The number of carbonyl (C=O) groups excluding carboxylic acids is 1. The van der Waals surface area contributed by atoms with E-state index >= 15 is 0 Å². The van der Waals surface area contributed by atoms with Crippen LogP contribution in [0.15, 0.2) is 30.5 Å².